The molecule has 0 unspecified atom stereocenters. The van der Waals surface area contributed by atoms with Crippen LogP contribution in [0.3, 0.4) is 0 Å². The number of nitrogens with two attached hydrogens (primary N) is 1. The van der Waals surface area contributed by atoms with E-state index >= 15 is 0 Å². The highest BCUT2D eigenvalue weighted by molar-refractivity contribution is 8.00. The van der Waals surface area contributed by atoms with Crippen molar-refractivity contribution in [3.05, 3.63) is 51.6 Å². The van der Waals surface area contributed by atoms with Gasteiger partial charge in [0.2, 0.25) is 5.52 Å². The third-order valence-electron chi connectivity index (χ3n) is 6.79. The molecule has 2 aliphatic rings. The number of benzene rings is 1. The number of carboxylic acid groups (broad SMARTS) is 1. The number of oxime groups is 1. The summed E-state index contributed by atoms with van der Waals surface area (Å²) in [5.74, 6) is -2.86. The summed E-state index contributed by atoms with van der Waals surface area (Å²) in [6.07, 6.45) is 0. The number of aryl methyl sites for hydroxylation is 3. The minimum Gasteiger partial charge on any atom is -0.543 e. The number of hydrogen-bond donors (Lipinski definition) is 2. The second kappa shape index (κ2) is 9.96. The summed E-state index contributed by atoms with van der Waals surface area (Å²) in [4.78, 5) is 48.3. The van der Waals surface area contributed by atoms with Crippen molar-refractivity contribution in [3.8, 4) is 0 Å². The predicted molar refractivity (Wildman–Crippen MR) is 140 cm³/mol. The van der Waals surface area contributed by atoms with Crippen molar-refractivity contribution in [1.29, 1.82) is 0 Å². The maximum atomic E-state index is 14.2. The summed E-state index contributed by atoms with van der Waals surface area (Å²) in [5, 5.41) is 20.4. The third kappa shape index (κ3) is 4.40. The number of rotatable bonds is 7. The molecule has 1 aromatic carbocycles. The van der Waals surface area contributed by atoms with Gasteiger partial charge in [-0.1, -0.05) is 5.16 Å². The van der Waals surface area contributed by atoms with Crippen LogP contribution in [-0.4, -0.2) is 62.3 Å². The smallest absolute Gasteiger partial charge is 0.276 e. The highest BCUT2D eigenvalue weighted by atomic mass is 32.2. The molecule has 2 aromatic heterocycles. The minimum atomic E-state index is -1.49. The molecule has 1 saturated heterocycles. The minimum absolute atomic E-state index is 0.150. The van der Waals surface area contributed by atoms with Gasteiger partial charge in [-0.25, -0.2) is 9.37 Å². The number of amides is 2. The summed E-state index contributed by atoms with van der Waals surface area (Å²) in [6.45, 7) is 3.65. The molecule has 1 fully saturated rings. The van der Waals surface area contributed by atoms with Gasteiger partial charge in [-0.2, -0.15) is 4.68 Å². The van der Waals surface area contributed by atoms with Gasteiger partial charge in [-0.3, -0.25) is 14.5 Å². The molecule has 2 aliphatic heterocycles. The molecule has 2 amide bonds. The van der Waals surface area contributed by atoms with Crippen LogP contribution in [-0.2, 0) is 32.8 Å². The summed E-state index contributed by atoms with van der Waals surface area (Å²) in [7, 11) is 3.07. The largest absolute Gasteiger partial charge is 0.543 e. The number of hydrogen-bond acceptors (Lipinski definition) is 10. The van der Waals surface area contributed by atoms with Crippen molar-refractivity contribution in [2.24, 2.45) is 12.2 Å². The fourth-order valence-corrected chi connectivity index (χ4v) is 6.70. The van der Waals surface area contributed by atoms with Crippen LogP contribution in [0.15, 0.2) is 33.9 Å². The molecule has 2 atom stereocenters. The van der Waals surface area contributed by atoms with Gasteiger partial charge in [0.15, 0.2) is 17.9 Å². The zero-order valence-electron chi connectivity index (χ0n) is 21.4. The van der Waals surface area contributed by atoms with E-state index in [4.69, 9.17) is 10.6 Å². The molecule has 15 heteroatoms. The molecule has 0 aliphatic carbocycles. The molecule has 0 bridgehead atoms. The molecule has 0 saturated carbocycles. The number of anilines is 1. The van der Waals surface area contributed by atoms with Crippen LogP contribution in [0.4, 0.5) is 9.52 Å². The Labute approximate surface area is 229 Å². The molecule has 5 rings (SSSR count). The number of β-lactam (4-membered cyclic amide) rings is 1. The van der Waals surface area contributed by atoms with Crippen LogP contribution in [0.1, 0.15) is 17.0 Å². The Morgan fingerprint density at radius 3 is 2.77 bits per heavy atom. The molecule has 0 radical (unpaired) electrons. The number of nitrogen functional groups attached to an aromatic ring is 1. The van der Waals surface area contributed by atoms with Gasteiger partial charge in [0.05, 0.1) is 22.7 Å². The van der Waals surface area contributed by atoms with Gasteiger partial charge < -0.3 is 25.8 Å². The van der Waals surface area contributed by atoms with Crippen molar-refractivity contribution in [2.45, 2.75) is 31.8 Å². The molecule has 39 heavy (non-hydrogen) atoms. The van der Waals surface area contributed by atoms with Gasteiger partial charge in [0.25, 0.3) is 11.8 Å². The van der Waals surface area contributed by atoms with Gasteiger partial charge >= 0.3 is 0 Å². The Bertz CT molecular complexity index is 1570. The fourth-order valence-electron chi connectivity index (χ4n) is 4.82. The quantitative estimate of drug-likeness (QED) is 0.169. The number of carboxylic acids is 1. The van der Waals surface area contributed by atoms with Crippen molar-refractivity contribution < 1.29 is 33.4 Å². The van der Waals surface area contributed by atoms with Crippen LogP contribution in [0.2, 0.25) is 0 Å². The number of thiazole rings is 1. The number of aliphatic carboxylic acids is 1. The molecule has 204 valence electrons. The van der Waals surface area contributed by atoms with E-state index in [2.05, 4.69) is 15.5 Å². The first kappa shape index (κ1) is 26.6. The lowest BCUT2D eigenvalue weighted by Crippen LogP contribution is -2.71. The lowest BCUT2D eigenvalue weighted by molar-refractivity contribution is -0.730. The van der Waals surface area contributed by atoms with Gasteiger partial charge in [0.1, 0.15) is 36.6 Å². The zero-order valence-corrected chi connectivity index (χ0v) is 23.0. The Hall–Kier alpha value is -3.98. The van der Waals surface area contributed by atoms with Crippen LogP contribution in [0, 0.1) is 19.7 Å². The predicted octanol–water partition coefficient (Wildman–Crippen LogP) is -0.285. The van der Waals surface area contributed by atoms with E-state index in [0.717, 1.165) is 27.4 Å². The van der Waals surface area contributed by atoms with Gasteiger partial charge in [-0.05, 0) is 31.1 Å². The van der Waals surface area contributed by atoms with Crippen molar-refractivity contribution >= 4 is 62.6 Å². The third-order valence-corrected chi connectivity index (χ3v) is 8.81. The Kier molecular flexibility index (Phi) is 6.80. The standard InChI is InChI=1S/C24H24FN7O5S2/c1-10-5-16-13(6-14(10)25)11(2)31(30(16)3)7-12-8-38-22-18(21(34)32(22)19(12)23(35)36)28-20(33)17(29-37-4)15-9-39-24(26)27-15/h5-6,9,18,22H,7-8H2,1-4H3,(H3-,26,27,28,33,35,36)/b29-17-/t18-,22-/m1/s1. The Morgan fingerprint density at radius 1 is 1.38 bits per heavy atom. The van der Waals surface area contributed by atoms with Gasteiger partial charge in [-0.15, -0.1) is 27.8 Å². The summed E-state index contributed by atoms with van der Waals surface area (Å²) >= 11 is 2.43. The monoisotopic (exact) mass is 573 g/mol. The first-order chi connectivity index (χ1) is 18.5. The van der Waals surface area contributed by atoms with Crippen molar-refractivity contribution in [3.63, 3.8) is 0 Å². The normalized spacial score (nSPS) is 19.3. The maximum Gasteiger partial charge on any atom is 0.276 e. The van der Waals surface area contributed by atoms with E-state index in [1.807, 2.05) is 16.3 Å². The molecule has 3 aromatic rings. The van der Waals surface area contributed by atoms with Crippen LogP contribution < -0.4 is 20.8 Å². The van der Waals surface area contributed by atoms with Crippen LogP contribution >= 0.6 is 23.1 Å². The topological polar surface area (TPSA) is 159 Å². The molecule has 3 N–H and O–H groups in total. The number of halogens is 1. The summed E-state index contributed by atoms with van der Waals surface area (Å²) in [5.41, 5.74) is 7.95. The number of fused-ring (bicyclic) bond motifs is 2. The lowest BCUT2D eigenvalue weighted by Gasteiger charge is -2.50. The summed E-state index contributed by atoms with van der Waals surface area (Å²) < 4.78 is 17.9. The van der Waals surface area contributed by atoms with Gasteiger partial charge in [0, 0.05) is 17.2 Å². The number of carbonyl (C=O) groups excluding carboxylic acids is 3. The molecule has 12 nitrogen and oxygen atoms in total. The molecule has 4 heterocycles. The molecule has 0 spiro atoms. The first-order valence-electron chi connectivity index (χ1n) is 11.7. The van der Waals surface area contributed by atoms with Crippen molar-refractivity contribution in [1.82, 2.24) is 19.9 Å². The Balaban J connectivity index is 1.41. The number of nitrogens with one attached hydrogen (secondary N) is 1. The van der Waals surface area contributed by atoms with Crippen LogP contribution in [0.25, 0.3) is 10.9 Å². The van der Waals surface area contributed by atoms with E-state index < -0.39 is 29.2 Å². The van der Waals surface area contributed by atoms with E-state index in [1.165, 1.54) is 30.3 Å². The maximum absolute atomic E-state index is 14.2. The Morgan fingerprint density at radius 2 is 2.13 bits per heavy atom. The second-order valence-electron chi connectivity index (χ2n) is 9.08. The summed E-state index contributed by atoms with van der Waals surface area (Å²) in [6, 6.07) is 2.21. The average molecular weight is 574 g/mol. The van der Waals surface area contributed by atoms with Crippen LogP contribution in [0.5, 0.6) is 0 Å². The average Bonchev–Trinajstić information content (AvgIpc) is 3.42. The van der Waals surface area contributed by atoms with E-state index in [9.17, 15) is 23.9 Å². The highest BCUT2D eigenvalue weighted by Crippen LogP contribution is 2.40. The number of aromatic nitrogens is 3. The zero-order chi connectivity index (χ0) is 28.2. The molecular formula is C24H24FN7O5S2. The van der Waals surface area contributed by atoms with E-state index in [1.54, 1.807) is 20.0 Å². The highest BCUT2D eigenvalue weighted by Gasteiger charge is 2.53. The number of carbonyl (C=O) groups is 3. The second-order valence-corrected chi connectivity index (χ2v) is 11.1. The fraction of sp³-hybridized carbons (Fsp3) is 0.333. The van der Waals surface area contributed by atoms with Crippen molar-refractivity contribution in [2.75, 3.05) is 18.6 Å². The first-order valence-corrected chi connectivity index (χ1v) is 13.6. The van der Waals surface area contributed by atoms with E-state index in [0.29, 0.717) is 16.5 Å². The molecular weight excluding hydrogens is 549 g/mol. The lowest BCUT2D eigenvalue weighted by atomic mass is 10.0. The SMILES string of the molecule is CO/N=C(\C(=O)N[C@@H]1C(=O)N2C(C(=O)[O-])=C(Cn3c(C)c4cc(F)c(C)cc4[n+]3C)CS[C@H]12)c1csc(N)n1. The van der Waals surface area contributed by atoms with E-state index in [-0.39, 0.29) is 40.3 Å². The number of thioether (sulfide) groups is 1. The number of nitrogens with zero attached hydrogens (tertiary/aromatic N) is 5.